The molecule has 1 rings (SSSR count). The number of carbonyl (C=O) groups excluding carboxylic acids is 1. The lowest BCUT2D eigenvalue weighted by Crippen LogP contribution is -2.33. The Balaban J connectivity index is 2.77. The van der Waals surface area contributed by atoms with Gasteiger partial charge in [0.05, 0.1) is 10.8 Å². The number of aliphatic carboxylic acids is 1. The Morgan fingerprint density at radius 1 is 1.17 bits per heavy atom. The molecule has 8 heteroatoms. The van der Waals surface area contributed by atoms with E-state index in [1.807, 2.05) is 13.8 Å². The largest absolute Gasteiger partial charge is 0.481 e. The molecule has 0 heterocycles. The van der Waals surface area contributed by atoms with E-state index in [0.717, 1.165) is 4.31 Å². The summed E-state index contributed by atoms with van der Waals surface area (Å²) in [5, 5.41) is 11.7. The SMILES string of the molecule is CC(C)CC(CNC(=O)c1ccc(S(=O)(=O)N(C)C)cc1)C(=O)O. The Bertz CT molecular complexity index is 681. The number of hydrogen-bond acceptors (Lipinski definition) is 4. The molecule has 0 aliphatic rings. The maximum Gasteiger partial charge on any atom is 0.308 e. The van der Waals surface area contributed by atoms with Crippen LogP contribution in [0.5, 0.6) is 0 Å². The highest BCUT2D eigenvalue weighted by Crippen LogP contribution is 2.15. The zero-order valence-electron chi connectivity index (χ0n) is 14.3. The van der Waals surface area contributed by atoms with Crippen molar-refractivity contribution in [1.82, 2.24) is 9.62 Å². The topological polar surface area (TPSA) is 104 Å². The zero-order chi connectivity index (χ0) is 18.5. The minimum atomic E-state index is -3.55. The smallest absolute Gasteiger partial charge is 0.308 e. The van der Waals surface area contributed by atoms with Gasteiger partial charge in [-0.3, -0.25) is 9.59 Å². The fourth-order valence-corrected chi connectivity index (χ4v) is 3.05. The predicted molar refractivity (Wildman–Crippen MR) is 90.2 cm³/mol. The van der Waals surface area contributed by atoms with Crippen LogP contribution in [-0.2, 0) is 14.8 Å². The summed E-state index contributed by atoms with van der Waals surface area (Å²) in [6.45, 7) is 3.87. The second-order valence-electron chi connectivity index (χ2n) is 6.19. The molecule has 2 N–H and O–H groups in total. The summed E-state index contributed by atoms with van der Waals surface area (Å²) in [5.41, 5.74) is 0.279. The number of carboxylic acids is 1. The molecule has 1 aromatic rings. The highest BCUT2D eigenvalue weighted by molar-refractivity contribution is 7.89. The Hall–Kier alpha value is -1.93. The van der Waals surface area contributed by atoms with Crippen LogP contribution in [0.4, 0.5) is 0 Å². The van der Waals surface area contributed by atoms with Crippen molar-refractivity contribution in [2.45, 2.75) is 25.2 Å². The van der Waals surface area contributed by atoms with Gasteiger partial charge in [-0.25, -0.2) is 12.7 Å². The van der Waals surface area contributed by atoms with Crippen LogP contribution in [0, 0.1) is 11.8 Å². The van der Waals surface area contributed by atoms with Gasteiger partial charge in [-0.2, -0.15) is 0 Å². The normalized spacial score (nSPS) is 13.1. The zero-order valence-corrected chi connectivity index (χ0v) is 15.1. The van der Waals surface area contributed by atoms with Crippen LogP contribution in [0.25, 0.3) is 0 Å². The summed E-state index contributed by atoms with van der Waals surface area (Å²) in [5.74, 6) is -1.82. The van der Waals surface area contributed by atoms with E-state index in [1.165, 1.54) is 38.4 Å². The van der Waals surface area contributed by atoms with Crippen molar-refractivity contribution in [2.24, 2.45) is 11.8 Å². The molecule has 134 valence electrons. The summed E-state index contributed by atoms with van der Waals surface area (Å²) in [6, 6.07) is 5.52. The fourth-order valence-electron chi connectivity index (χ4n) is 2.15. The Morgan fingerprint density at radius 3 is 2.12 bits per heavy atom. The van der Waals surface area contributed by atoms with Gasteiger partial charge in [0.2, 0.25) is 10.0 Å². The van der Waals surface area contributed by atoms with Crippen LogP contribution < -0.4 is 5.32 Å². The number of amides is 1. The average molecular weight is 356 g/mol. The fraction of sp³-hybridized carbons (Fsp3) is 0.500. The summed E-state index contributed by atoms with van der Waals surface area (Å²) in [6.07, 6.45) is 0.468. The summed E-state index contributed by atoms with van der Waals surface area (Å²) in [4.78, 5) is 23.4. The molecule has 0 bridgehead atoms. The molecule has 0 aliphatic carbocycles. The van der Waals surface area contributed by atoms with E-state index in [0.29, 0.717) is 6.42 Å². The van der Waals surface area contributed by atoms with Crippen molar-refractivity contribution < 1.29 is 23.1 Å². The molecule has 0 saturated heterocycles. The summed E-state index contributed by atoms with van der Waals surface area (Å²) >= 11 is 0. The molecule has 0 fully saturated rings. The van der Waals surface area contributed by atoms with Crippen molar-refractivity contribution in [2.75, 3.05) is 20.6 Å². The lowest BCUT2D eigenvalue weighted by molar-refractivity contribution is -0.142. The van der Waals surface area contributed by atoms with Gasteiger partial charge in [0.1, 0.15) is 0 Å². The molecule has 1 unspecified atom stereocenters. The van der Waals surface area contributed by atoms with Gasteiger partial charge in [0.15, 0.2) is 0 Å². The van der Waals surface area contributed by atoms with E-state index in [-0.39, 0.29) is 22.9 Å². The number of nitrogens with zero attached hydrogens (tertiary/aromatic N) is 1. The molecule has 1 aromatic carbocycles. The Kier molecular flexibility index (Phi) is 6.92. The maximum absolute atomic E-state index is 12.1. The van der Waals surface area contributed by atoms with E-state index < -0.39 is 27.8 Å². The van der Waals surface area contributed by atoms with Crippen LogP contribution in [0.15, 0.2) is 29.2 Å². The summed E-state index contributed by atoms with van der Waals surface area (Å²) in [7, 11) is -0.691. The second-order valence-corrected chi connectivity index (χ2v) is 8.34. The Morgan fingerprint density at radius 2 is 1.71 bits per heavy atom. The van der Waals surface area contributed by atoms with Crippen molar-refractivity contribution in [3.8, 4) is 0 Å². The van der Waals surface area contributed by atoms with Gasteiger partial charge in [-0.05, 0) is 36.6 Å². The van der Waals surface area contributed by atoms with Crippen molar-refractivity contribution in [3.05, 3.63) is 29.8 Å². The van der Waals surface area contributed by atoms with Crippen LogP contribution >= 0.6 is 0 Å². The van der Waals surface area contributed by atoms with Gasteiger partial charge in [0.25, 0.3) is 5.91 Å². The quantitative estimate of drug-likeness (QED) is 0.733. The van der Waals surface area contributed by atoms with Crippen molar-refractivity contribution in [1.29, 1.82) is 0 Å². The molecule has 0 saturated carbocycles. The first-order valence-corrected chi connectivity index (χ1v) is 9.03. The number of hydrogen-bond donors (Lipinski definition) is 2. The van der Waals surface area contributed by atoms with Crippen molar-refractivity contribution >= 4 is 21.9 Å². The molecule has 0 radical (unpaired) electrons. The highest BCUT2D eigenvalue weighted by Gasteiger charge is 2.21. The number of benzene rings is 1. The minimum Gasteiger partial charge on any atom is -0.481 e. The van der Waals surface area contributed by atoms with Gasteiger partial charge < -0.3 is 10.4 Å². The van der Waals surface area contributed by atoms with Crippen LogP contribution in [-0.4, -0.2) is 50.3 Å². The van der Waals surface area contributed by atoms with Gasteiger partial charge in [-0.15, -0.1) is 0 Å². The predicted octanol–water partition coefficient (Wildman–Crippen LogP) is 1.41. The second kappa shape index (κ2) is 8.25. The maximum atomic E-state index is 12.1. The molecule has 1 atom stereocenters. The van der Waals surface area contributed by atoms with E-state index in [4.69, 9.17) is 5.11 Å². The van der Waals surface area contributed by atoms with Crippen LogP contribution in [0.2, 0.25) is 0 Å². The van der Waals surface area contributed by atoms with Crippen LogP contribution in [0.3, 0.4) is 0 Å². The third-order valence-electron chi connectivity index (χ3n) is 3.51. The minimum absolute atomic E-state index is 0.0318. The van der Waals surface area contributed by atoms with Gasteiger partial charge >= 0.3 is 5.97 Å². The van der Waals surface area contributed by atoms with E-state index >= 15 is 0 Å². The number of sulfonamides is 1. The molecule has 0 aromatic heterocycles. The first-order chi connectivity index (χ1) is 11.1. The first kappa shape index (κ1) is 20.1. The highest BCUT2D eigenvalue weighted by atomic mass is 32.2. The molecule has 0 aliphatic heterocycles. The summed E-state index contributed by atoms with van der Waals surface area (Å²) < 4.78 is 25.0. The monoisotopic (exact) mass is 356 g/mol. The van der Waals surface area contributed by atoms with Gasteiger partial charge in [0, 0.05) is 26.2 Å². The first-order valence-electron chi connectivity index (χ1n) is 7.59. The van der Waals surface area contributed by atoms with E-state index in [2.05, 4.69) is 5.32 Å². The number of nitrogens with one attached hydrogen (secondary N) is 1. The van der Waals surface area contributed by atoms with E-state index in [9.17, 15) is 18.0 Å². The molecular formula is C16H24N2O5S. The standard InChI is InChI=1S/C16H24N2O5S/c1-11(2)9-13(16(20)21)10-17-15(19)12-5-7-14(8-6-12)24(22,23)18(3)4/h5-8,11,13H,9-10H2,1-4H3,(H,17,19)(H,20,21). The lowest BCUT2D eigenvalue weighted by atomic mass is 9.97. The number of carbonyl (C=O) groups is 2. The van der Waals surface area contributed by atoms with E-state index in [1.54, 1.807) is 0 Å². The lowest BCUT2D eigenvalue weighted by Gasteiger charge is -2.15. The third kappa shape index (κ3) is 5.31. The molecule has 1 amide bonds. The Labute approximate surface area is 142 Å². The molecular weight excluding hydrogens is 332 g/mol. The van der Waals surface area contributed by atoms with Crippen molar-refractivity contribution in [3.63, 3.8) is 0 Å². The third-order valence-corrected chi connectivity index (χ3v) is 5.34. The molecule has 7 nitrogen and oxygen atoms in total. The average Bonchev–Trinajstić information content (AvgIpc) is 2.50. The molecule has 24 heavy (non-hydrogen) atoms. The number of rotatable bonds is 8. The number of carboxylic acid groups (broad SMARTS) is 1. The van der Waals surface area contributed by atoms with Gasteiger partial charge in [-0.1, -0.05) is 13.8 Å². The van der Waals surface area contributed by atoms with Crippen LogP contribution in [0.1, 0.15) is 30.6 Å². The molecule has 0 spiro atoms.